The Bertz CT molecular complexity index is 433. The van der Waals surface area contributed by atoms with Crippen LogP contribution in [-0.2, 0) is 0 Å². The van der Waals surface area contributed by atoms with Gasteiger partial charge < -0.3 is 0 Å². The molecule has 1 aromatic carbocycles. The minimum atomic E-state index is 0.709. The van der Waals surface area contributed by atoms with Gasteiger partial charge in [0, 0.05) is 5.75 Å². The summed E-state index contributed by atoms with van der Waals surface area (Å²) in [4.78, 5) is 4.64. The van der Waals surface area contributed by atoms with Crippen molar-refractivity contribution in [3.8, 4) is 0 Å². The summed E-state index contributed by atoms with van der Waals surface area (Å²) in [6.07, 6.45) is 2.51. The van der Waals surface area contributed by atoms with Crippen LogP contribution in [0, 0.1) is 5.92 Å². The summed E-state index contributed by atoms with van der Waals surface area (Å²) >= 11 is 8.09. The maximum Gasteiger partial charge on any atom is 0.151 e. The number of rotatable bonds is 6. The third kappa shape index (κ3) is 3.63. The second-order valence-corrected chi connectivity index (χ2v) is 6.76. The fourth-order valence-corrected chi connectivity index (χ4v) is 4.46. The Balaban J connectivity index is 1.98. The molecule has 0 radical (unpaired) electrons. The topological polar surface area (TPSA) is 12.9 Å². The van der Waals surface area contributed by atoms with Gasteiger partial charge in [0.25, 0.3) is 0 Å². The van der Waals surface area contributed by atoms with Crippen molar-refractivity contribution in [1.82, 2.24) is 4.98 Å². The van der Waals surface area contributed by atoms with E-state index in [0.717, 1.165) is 17.0 Å². The van der Waals surface area contributed by atoms with Gasteiger partial charge in [-0.2, -0.15) is 12.6 Å². The lowest BCUT2D eigenvalue weighted by Crippen LogP contribution is -2.04. The first-order chi connectivity index (χ1) is 8.33. The Morgan fingerprint density at radius 2 is 2.24 bits per heavy atom. The number of thiol groups is 1. The third-order valence-corrected chi connectivity index (χ3v) is 5.60. The van der Waals surface area contributed by atoms with Crippen LogP contribution < -0.4 is 0 Å². The number of hydrogen-bond donors (Lipinski definition) is 1. The van der Waals surface area contributed by atoms with E-state index >= 15 is 0 Å². The zero-order chi connectivity index (χ0) is 12.1. The molecule has 2 aromatic rings. The largest absolute Gasteiger partial charge is 0.230 e. The van der Waals surface area contributed by atoms with Crippen LogP contribution in [-0.4, -0.2) is 16.5 Å². The smallest absolute Gasteiger partial charge is 0.151 e. The molecule has 0 aliphatic carbocycles. The fourth-order valence-electron chi connectivity index (χ4n) is 1.74. The average molecular weight is 283 g/mol. The molecule has 1 unspecified atom stereocenters. The summed E-state index contributed by atoms with van der Waals surface area (Å²) in [7, 11) is 0. The first-order valence-corrected chi connectivity index (χ1v) is 8.36. The van der Waals surface area contributed by atoms with Crippen molar-refractivity contribution in [2.75, 3.05) is 11.5 Å². The highest BCUT2D eigenvalue weighted by Gasteiger charge is 2.09. The number of para-hydroxylation sites is 1. The number of thiazole rings is 1. The molecule has 0 saturated heterocycles. The Morgan fingerprint density at radius 3 is 2.94 bits per heavy atom. The van der Waals surface area contributed by atoms with Gasteiger partial charge in [-0.25, -0.2) is 4.98 Å². The van der Waals surface area contributed by atoms with E-state index in [9.17, 15) is 0 Å². The molecule has 0 N–H and O–H groups in total. The Kier molecular flexibility index (Phi) is 5.19. The molecule has 2 rings (SSSR count). The van der Waals surface area contributed by atoms with Gasteiger partial charge in [0.05, 0.1) is 10.2 Å². The Morgan fingerprint density at radius 1 is 1.41 bits per heavy atom. The van der Waals surface area contributed by atoms with Crippen molar-refractivity contribution in [1.29, 1.82) is 0 Å². The highest BCUT2D eigenvalue weighted by Crippen LogP contribution is 2.31. The molecule has 1 nitrogen and oxygen atoms in total. The number of aromatic nitrogens is 1. The quantitative estimate of drug-likeness (QED) is 0.608. The molecule has 1 atom stereocenters. The zero-order valence-electron chi connectivity index (χ0n) is 9.93. The maximum atomic E-state index is 4.64. The second-order valence-electron chi connectivity index (χ2n) is 4.10. The van der Waals surface area contributed by atoms with Crippen molar-refractivity contribution in [3.63, 3.8) is 0 Å². The predicted octanol–water partition coefficient (Wildman–Crippen LogP) is 4.73. The van der Waals surface area contributed by atoms with Gasteiger partial charge in [0.1, 0.15) is 0 Å². The number of benzene rings is 1. The molecule has 0 fully saturated rings. The fraction of sp³-hybridized carbons (Fsp3) is 0.462. The molecule has 0 aliphatic rings. The average Bonchev–Trinajstić information content (AvgIpc) is 2.77. The van der Waals surface area contributed by atoms with Crippen LogP contribution in [0.2, 0.25) is 0 Å². The van der Waals surface area contributed by atoms with Gasteiger partial charge in [0.2, 0.25) is 0 Å². The number of hydrogen-bond acceptors (Lipinski definition) is 4. The molecule has 1 aromatic heterocycles. The standard InChI is InChI=1S/C13H17NS3/c1-2-5-10(8-15)9-16-13-14-11-6-3-4-7-12(11)17-13/h3-4,6-7,10,15H,2,5,8-9H2,1H3. The number of fused-ring (bicyclic) bond motifs is 1. The lowest BCUT2D eigenvalue weighted by atomic mass is 10.1. The van der Waals surface area contributed by atoms with Crippen molar-refractivity contribution < 1.29 is 0 Å². The molecular formula is C13H17NS3. The summed E-state index contributed by atoms with van der Waals surface area (Å²) in [6, 6.07) is 8.34. The minimum absolute atomic E-state index is 0.709. The van der Waals surface area contributed by atoms with E-state index in [1.165, 1.54) is 21.9 Å². The van der Waals surface area contributed by atoms with Crippen LogP contribution in [0.5, 0.6) is 0 Å². The van der Waals surface area contributed by atoms with Crippen molar-refractivity contribution in [2.24, 2.45) is 5.92 Å². The van der Waals surface area contributed by atoms with Crippen LogP contribution in [0.15, 0.2) is 28.6 Å². The SMILES string of the molecule is CCCC(CS)CSc1nc2ccccc2s1. The number of thioether (sulfide) groups is 1. The van der Waals surface area contributed by atoms with Gasteiger partial charge in [-0.1, -0.05) is 37.2 Å². The molecule has 0 spiro atoms. The van der Waals surface area contributed by atoms with Crippen molar-refractivity contribution >= 4 is 45.9 Å². The van der Waals surface area contributed by atoms with E-state index in [-0.39, 0.29) is 0 Å². The van der Waals surface area contributed by atoms with Crippen molar-refractivity contribution in [3.05, 3.63) is 24.3 Å². The van der Waals surface area contributed by atoms with Crippen LogP contribution >= 0.6 is 35.7 Å². The maximum absolute atomic E-state index is 4.64. The van der Waals surface area contributed by atoms with Gasteiger partial charge in [-0.15, -0.1) is 11.3 Å². The monoisotopic (exact) mass is 283 g/mol. The molecular weight excluding hydrogens is 266 g/mol. The molecule has 0 bridgehead atoms. The van der Waals surface area contributed by atoms with Gasteiger partial charge in [-0.3, -0.25) is 0 Å². The second kappa shape index (κ2) is 6.66. The van der Waals surface area contributed by atoms with Crippen LogP contribution in [0.3, 0.4) is 0 Å². The van der Waals surface area contributed by atoms with Crippen LogP contribution in [0.1, 0.15) is 19.8 Å². The van der Waals surface area contributed by atoms with Gasteiger partial charge >= 0.3 is 0 Å². The highest BCUT2D eigenvalue weighted by molar-refractivity contribution is 8.01. The van der Waals surface area contributed by atoms with Crippen LogP contribution in [0.25, 0.3) is 10.2 Å². The normalized spacial score (nSPS) is 13.1. The Labute approximate surface area is 116 Å². The van der Waals surface area contributed by atoms with E-state index in [1.54, 1.807) is 11.3 Å². The molecule has 0 amide bonds. The van der Waals surface area contributed by atoms with E-state index < -0.39 is 0 Å². The summed E-state index contributed by atoms with van der Waals surface area (Å²) in [6.45, 7) is 2.23. The van der Waals surface area contributed by atoms with Crippen molar-refractivity contribution in [2.45, 2.75) is 24.1 Å². The molecule has 1 heterocycles. The summed E-state index contributed by atoms with van der Waals surface area (Å²) in [5.41, 5.74) is 1.12. The first kappa shape index (κ1) is 13.2. The summed E-state index contributed by atoms with van der Waals surface area (Å²) < 4.78 is 2.47. The third-order valence-electron chi connectivity index (χ3n) is 2.67. The molecule has 17 heavy (non-hydrogen) atoms. The molecule has 0 aliphatic heterocycles. The number of nitrogens with zero attached hydrogens (tertiary/aromatic N) is 1. The Hall–Kier alpha value is -0.190. The lowest BCUT2D eigenvalue weighted by molar-refractivity contribution is 0.595. The van der Waals surface area contributed by atoms with Gasteiger partial charge in [-0.05, 0) is 30.2 Å². The summed E-state index contributed by atoms with van der Waals surface area (Å²) in [5, 5.41) is 0. The zero-order valence-corrected chi connectivity index (χ0v) is 12.5. The summed E-state index contributed by atoms with van der Waals surface area (Å²) in [5.74, 6) is 2.82. The minimum Gasteiger partial charge on any atom is -0.230 e. The first-order valence-electron chi connectivity index (χ1n) is 5.92. The van der Waals surface area contributed by atoms with E-state index in [2.05, 4.69) is 42.7 Å². The highest BCUT2D eigenvalue weighted by atomic mass is 32.2. The molecule has 92 valence electrons. The van der Waals surface area contributed by atoms with E-state index in [0.29, 0.717) is 5.92 Å². The van der Waals surface area contributed by atoms with E-state index in [4.69, 9.17) is 0 Å². The molecule has 4 heteroatoms. The van der Waals surface area contributed by atoms with Crippen LogP contribution in [0.4, 0.5) is 0 Å². The van der Waals surface area contributed by atoms with E-state index in [1.807, 2.05) is 17.8 Å². The van der Waals surface area contributed by atoms with Gasteiger partial charge in [0.15, 0.2) is 4.34 Å². The molecule has 0 saturated carbocycles. The lowest BCUT2D eigenvalue weighted by Gasteiger charge is -2.10. The predicted molar refractivity (Wildman–Crippen MR) is 82.6 cm³/mol.